The molecule has 1 fully saturated rings. The van der Waals surface area contributed by atoms with Gasteiger partial charge in [0.2, 0.25) is 0 Å². The molecule has 0 spiro atoms. The third-order valence-corrected chi connectivity index (χ3v) is 3.04. The minimum Gasteiger partial charge on any atom is -0.367 e. The molecule has 2 rings (SSSR count). The molecule has 0 aromatic heterocycles. The van der Waals surface area contributed by atoms with Crippen LogP contribution >= 0.6 is 0 Å². The molecule has 1 nitrogen and oxygen atoms in total. The molecular formula is C13H17F2N. The van der Waals surface area contributed by atoms with E-state index in [0.717, 1.165) is 44.3 Å². The minimum atomic E-state index is -0.412. The summed E-state index contributed by atoms with van der Waals surface area (Å²) in [4.78, 5) is 1.81. The van der Waals surface area contributed by atoms with Gasteiger partial charge in [0.25, 0.3) is 0 Å². The van der Waals surface area contributed by atoms with E-state index in [4.69, 9.17) is 0 Å². The van der Waals surface area contributed by atoms with Crippen molar-refractivity contribution < 1.29 is 8.78 Å². The Bertz CT molecular complexity index is 347. The van der Waals surface area contributed by atoms with Crippen LogP contribution in [0.4, 0.5) is 14.5 Å². The fraction of sp³-hybridized carbons (Fsp3) is 0.538. The lowest BCUT2D eigenvalue weighted by Crippen LogP contribution is -2.20. The highest BCUT2D eigenvalue weighted by atomic mass is 19.1. The van der Waals surface area contributed by atoms with Gasteiger partial charge in [-0.2, -0.15) is 0 Å². The first kappa shape index (κ1) is 11.4. The minimum absolute atomic E-state index is 0.164. The Labute approximate surface area is 95.1 Å². The quantitative estimate of drug-likeness (QED) is 0.760. The van der Waals surface area contributed by atoms with Crippen molar-refractivity contribution in [2.75, 3.05) is 18.0 Å². The van der Waals surface area contributed by atoms with Crippen LogP contribution in [0, 0.1) is 11.6 Å². The SMILES string of the molecule is CCCc1cc(F)c(N2CCCC2)c(F)c1. The van der Waals surface area contributed by atoms with Crippen molar-refractivity contribution in [1.82, 2.24) is 0 Å². The largest absolute Gasteiger partial charge is 0.367 e. The summed E-state index contributed by atoms with van der Waals surface area (Å²) in [7, 11) is 0. The maximum absolute atomic E-state index is 13.8. The van der Waals surface area contributed by atoms with Crippen molar-refractivity contribution in [1.29, 1.82) is 0 Å². The number of hydrogen-bond acceptors (Lipinski definition) is 1. The molecule has 0 atom stereocenters. The lowest BCUT2D eigenvalue weighted by molar-refractivity contribution is 0.574. The molecule has 0 unspecified atom stereocenters. The number of rotatable bonds is 3. The normalized spacial score (nSPS) is 15.8. The summed E-state index contributed by atoms with van der Waals surface area (Å²) < 4.78 is 27.6. The van der Waals surface area contributed by atoms with Crippen LogP contribution in [-0.4, -0.2) is 13.1 Å². The number of nitrogens with zero attached hydrogens (tertiary/aromatic N) is 1. The van der Waals surface area contributed by atoms with Crippen LogP contribution in [0.1, 0.15) is 31.7 Å². The molecule has 0 N–H and O–H groups in total. The average molecular weight is 225 g/mol. The molecule has 1 aromatic rings. The van der Waals surface area contributed by atoms with Crippen LogP contribution < -0.4 is 4.90 Å². The Balaban J connectivity index is 2.31. The summed E-state index contributed by atoms with van der Waals surface area (Å²) >= 11 is 0. The molecule has 16 heavy (non-hydrogen) atoms. The molecular weight excluding hydrogens is 208 g/mol. The summed E-state index contributed by atoms with van der Waals surface area (Å²) in [5.74, 6) is -0.823. The van der Waals surface area contributed by atoms with E-state index < -0.39 is 11.6 Å². The summed E-state index contributed by atoms with van der Waals surface area (Å²) in [6.07, 6.45) is 3.68. The summed E-state index contributed by atoms with van der Waals surface area (Å²) in [6.45, 7) is 3.53. The van der Waals surface area contributed by atoms with Gasteiger partial charge in [-0.25, -0.2) is 8.78 Å². The first-order chi connectivity index (χ1) is 7.72. The Kier molecular flexibility index (Phi) is 3.42. The van der Waals surface area contributed by atoms with Gasteiger partial charge in [0.05, 0.1) is 0 Å². The van der Waals surface area contributed by atoms with Gasteiger partial charge in [0, 0.05) is 13.1 Å². The smallest absolute Gasteiger partial charge is 0.149 e. The summed E-state index contributed by atoms with van der Waals surface area (Å²) in [5, 5.41) is 0. The van der Waals surface area contributed by atoms with Gasteiger partial charge in [-0.1, -0.05) is 13.3 Å². The van der Waals surface area contributed by atoms with Gasteiger partial charge in [-0.3, -0.25) is 0 Å². The first-order valence-corrected chi connectivity index (χ1v) is 5.95. The number of hydrogen-bond donors (Lipinski definition) is 0. The van der Waals surface area contributed by atoms with Crippen molar-refractivity contribution in [3.63, 3.8) is 0 Å². The van der Waals surface area contributed by atoms with Gasteiger partial charge in [-0.05, 0) is 37.0 Å². The standard InChI is InChI=1S/C13H17F2N/c1-2-5-10-8-11(14)13(12(15)9-10)16-6-3-4-7-16/h8-9H,2-7H2,1H3. The van der Waals surface area contributed by atoms with Crippen LogP contribution in [0.3, 0.4) is 0 Å². The molecule has 0 aliphatic carbocycles. The average Bonchev–Trinajstić information content (AvgIpc) is 2.70. The van der Waals surface area contributed by atoms with E-state index in [-0.39, 0.29) is 5.69 Å². The van der Waals surface area contributed by atoms with Gasteiger partial charge in [0.1, 0.15) is 17.3 Å². The van der Waals surface area contributed by atoms with E-state index in [0.29, 0.717) is 0 Å². The van der Waals surface area contributed by atoms with Crippen molar-refractivity contribution in [2.45, 2.75) is 32.6 Å². The van der Waals surface area contributed by atoms with Crippen LogP contribution in [-0.2, 0) is 6.42 Å². The second-order valence-corrected chi connectivity index (χ2v) is 4.35. The van der Waals surface area contributed by atoms with Crippen LogP contribution in [0.25, 0.3) is 0 Å². The molecule has 0 radical (unpaired) electrons. The van der Waals surface area contributed by atoms with Crippen LogP contribution in [0.5, 0.6) is 0 Å². The van der Waals surface area contributed by atoms with E-state index in [1.54, 1.807) is 4.90 Å². The zero-order chi connectivity index (χ0) is 11.5. The molecule has 3 heteroatoms. The molecule has 1 aromatic carbocycles. The van der Waals surface area contributed by atoms with E-state index in [2.05, 4.69) is 0 Å². The van der Waals surface area contributed by atoms with Crippen molar-refractivity contribution in [3.8, 4) is 0 Å². The molecule has 0 bridgehead atoms. The maximum atomic E-state index is 13.8. The number of benzene rings is 1. The maximum Gasteiger partial charge on any atom is 0.149 e. The van der Waals surface area contributed by atoms with E-state index in [9.17, 15) is 8.78 Å². The zero-order valence-electron chi connectivity index (χ0n) is 9.60. The van der Waals surface area contributed by atoms with E-state index in [1.165, 1.54) is 12.1 Å². The zero-order valence-corrected chi connectivity index (χ0v) is 9.60. The Hall–Kier alpha value is -1.12. The van der Waals surface area contributed by atoms with Crippen molar-refractivity contribution in [3.05, 3.63) is 29.3 Å². The fourth-order valence-electron chi connectivity index (χ4n) is 2.29. The van der Waals surface area contributed by atoms with Gasteiger partial charge < -0.3 is 4.90 Å². The molecule has 1 aliphatic heterocycles. The second kappa shape index (κ2) is 4.81. The first-order valence-electron chi connectivity index (χ1n) is 5.95. The van der Waals surface area contributed by atoms with Crippen LogP contribution in [0.2, 0.25) is 0 Å². The number of halogens is 2. The molecule has 0 saturated carbocycles. The van der Waals surface area contributed by atoms with Gasteiger partial charge in [0.15, 0.2) is 0 Å². The lowest BCUT2D eigenvalue weighted by atomic mass is 10.1. The summed E-state index contributed by atoms with van der Waals surface area (Å²) in [6, 6.07) is 2.94. The third kappa shape index (κ3) is 2.18. The second-order valence-electron chi connectivity index (χ2n) is 4.35. The third-order valence-electron chi connectivity index (χ3n) is 3.04. The fourth-order valence-corrected chi connectivity index (χ4v) is 2.29. The molecule has 1 heterocycles. The van der Waals surface area contributed by atoms with Gasteiger partial charge >= 0.3 is 0 Å². The summed E-state index contributed by atoms with van der Waals surface area (Å²) in [5.41, 5.74) is 0.915. The predicted octanol–water partition coefficient (Wildman–Crippen LogP) is 3.52. The van der Waals surface area contributed by atoms with E-state index >= 15 is 0 Å². The van der Waals surface area contributed by atoms with Crippen molar-refractivity contribution >= 4 is 5.69 Å². The monoisotopic (exact) mass is 225 g/mol. The van der Waals surface area contributed by atoms with Crippen LogP contribution in [0.15, 0.2) is 12.1 Å². The number of anilines is 1. The van der Waals surface area contributed by atoms with Crippen molar-refractivity contribution in [2.24, 2.45) is 0 Å². The molecule has 1 saturated heterocycles. The Morgan fingerprint density at radius 1 is 1.12 bits per heavy atom. The molecule has 1 aliphatic rings. The molecule has 0 amide bonds. The lowest BCUT2D eigenvalue weighted by Gasteiger charge is -2.19. The highest BCUT2D eigenvalue weighted by Crippen LogP contribution is 2.28. The van der Waals surface area contributed by atoms with Gasteiger partial charge in [-0.15, -0.1) is 0 Å². The Morgan fingerprint density at radius 3 is 2.19 bits per heavy atom. The highest BCUT2D eigenvalue weighted by Gasteiger charge is 2.20. The molecule has 88 valence electrons. The number of aryl methyl sites for hydroxylation is 1. The Morgan fingerprint density at radius 2 is 1.69 bits per heavy atom. The van der Waals surface area contributed by atoms with E-state index in [1.807, 2.05) is 6.92 Å². The highest BCUT2D eigenvalue weighted by molar-refractivity contribution is 5.51. The topological polar surface area (TPSA) is 3.24 Å². The predicted molar refractivity (Wildman–Crippen MR) is 61.8 cm³/mol.